The summed E-state index contributed by atoms with van der Waals surface area (Å²) in [6.45, 7) is 9.53. The summed E-state index contributed by atoms with van der Waals surface area (Å²) < 4.78 is 10.9. The Labute approximate surface area is 166 Å². The van der Waals surface area contributed by atoms with Crippen molar-refractivity contribution in [3.8, 4) is 5.75 Å². The van der Waals surface area contributed by atoms with Gasteiger partial charge < -0.3 is 14.8 Å². The van der Waals surface area contributed by atoms with E-state index in [2.05, 4.69) is 15.8 Å². The molecule has 28 heavy (non-hydrogen) atoms. The number of ether oxygens (including phenoxy) is 2. The molecule has 0 bridgehead atoms. The largest absolute Gasteiger partial charge is 0.488 e. The highest BCUT2D eigenvalue weighted by Gasteiger charge is 2.28. The summed E-state index contributed by atoms with van der Waals surface area (Å²) in [5.74, 6) is 0.350. The molecule has 1 heterocycles. The first kappa shape index (κ1) is 21.5. The predicted molar refractivity (Wildman–Crippen MR) is 109 cm³/mol. The molecule has 0 saturated heterocycles. The third-order valence-electron chi connectivity index (χ3n) is 4.23. The number of hydrazone groups is 1. The predicted octanol–water partition coefficient (Wildman–Crippen LogP) is 3.50. The molecule has 1 aromatic carbocycles. The highest BCUT2D eigenvalue weighted by atomic mass is 16.6. The second-order valence-electron chi connectivity index (χ2n) is 7.79. The SMILES string of the molecule is CCC(C)[C@H](NC(=O)OC(C)(C)C)C(=O)NN=CC1=Cc2ccccc2OC1. The Balaban J connectivity index is 1.98. The first-order chi connectivity index (χ1) is 13.2. The lowest BCUT2D eigenvalue weighted by atomic mass is 9.99. The molecule has 0 radical (unpaired) electrons. The van der Waals surface area contributed by atoms with Crippen LogP contribution in [0, 0.1) is 5.92 Å². The fourth-order valence-electron chi connectivity index (χ4n) is 2.59. The summed E-state index contributed by atoms with van der Waals surface area (Å²) in [5.41, 5.74) is 3.66. The Bertz CT molecular complexity index is 765. The fourth-order valence-corrected chi connectivity index (χ4v) is 2.59. The maximum atomic E-state index is 12.5. The van der Waals surface area contributed by atoms with E-state index in [-0.39, 0.29) is 5.92 Å². The normalized spacial score (nSPS) is 15.7. The van der Waals surface area contributed by atoms with Gasteiger partial charge in [0.05, 0.1) is 6.21 Å². The monoisotopic (exact) mass is 387 g/mol. The van der Waals surface area contributed by atoms with Crippen molar-refractivity contribution < 1.29 is 19.1 Å². The van der Waals surface area contributed by atoms with E-state index in [0.717, 1.165) is 16.9 Å². The molecule has 1 unspecified atom stereocenters. The van der Waals surface area contributed by atoms with E-state index in [1.807, 2.05) is 44.2 Å². The van der Waals surface area contributed by atoms with Crippen LogP contribution in [-0.2, 0) is 9.53 Å². The molecule has 0 saturated carbocycles. The molecule has 1 aliphatic heterocycles. The molecule has 7 heteroatoms. The van der Waals surface area contributed by atoms with Gasteiger partial charge in [-0.2, -0.15) is 5.10 Å². The van der Waals surface area contributed by atoms with Gasteiger partial charge in [0.25, 0.3) is 5.91 Å². The van der Waals surface area contributed by atoms with Gasteiger partial charge in [-0.1, -0.05) is 38.5 Å². The number of hydrogen-bond donors (Lipinski definition) is 2. The van der Waals surface area contributed by atoms with Gasteiger partial charge in [0, 0.05) is 11.1 Å². The number of alkyl carbamates (subject to hydrolysis) is 1. The Morgan fingerprint density at radius 1 is 1.32 bits per heavy atom. The molecule has 2 rings (SSSR count). The first-order valence-corrected chi connectivity index (χ1v) is 9.44. The van der Waals surface area contributed by atoms with E-state index >= 15 is 0 Å². The van der Waals surface area contributed by atoms with Gasteiger partial charge in [0.1, 0.15) is 24.0 Å². The van der Waals surface area contributed by atoms with Crippen molar-refractivity contribution in [1.82, 2.24) is 10.7 Å². The highest BCUT2D eigenvalue weighted by Crippen LogP contribution is 2.24. The number of carbonyl (C=O) groups is 2. The van der Waals surface area contributed by atoms with Gasteiger partial charge in [-0.3, -0.25) is 4.79 Å². The molecule has 0 fully saturated rings. The number of nitrogens with zero attached hydrogens (tertiary/aromatic N) is 1. The standard InChI is InChI=1S/C21H29N3O4/c1-6-14(2)18(23-20(26)28-21(3,4)5)19(25)24-22-12-15-11-16-9-7-8-10-17(16)27-13-15/h7-12,14,18H,6,13H2,1-5H3,(H,23,26)(H,24,25)/t14?,18-/m0/s1. The molecule has 1 aliphatic rings. The minimum atomic E-state index is -0.741. The zero-order valence-corrected chi connectivity index (χ0v) is 17.1. The molecule has 7 nitrogen and oxygen atoms in total. The number of rotatable bonds is 6. The minimum Gasteiger partial charge on any atom is -0.488 e. The van der Waals surface area contributed by atoms with Crippen LogP contribution in [0.25, 0.3) is 6.08 Å². The minimum absolute atomic E-state index is 0.0770. The Kier molecular flexibility index (Phi) is 7.20. The second-order valence-corrected chi connectivity index (χ2v) is 7.79. The topological polar surface area (TPSA) is 89.0 Å². The van der Waals surface area contributed by atoms with Crippen molar-refractivity contribution in [3.05, 3.63) is 35.4 Å². The number of nitrogens with one attached hydrogen (secondary N) is 2. The number of hydrogen-bond acceptors (Lipinski definition) is 5. The molecule has 152 valence electrons. The van der Waals surface area contributed by atoms with Gasteiger partial charge >= 0.3 is 6.09 Å². The lowest BCUT2D eigenvalue weighted by molar-refractivity contribution is -0.124. The zero-order valence-electron chi connectivity index (χ0n) is 17.1. The van der Waals surface area contributed by atoms with E-state index in [0.29, 0.717) is 13.0 Å². The summed E-state index contributed by atoms with van der Waals surface area (Å²) >= 11 is 0. The van der Waals surface area contributed by atoms with Crippen molar-refractivity contribution in [2.45, 2.75) is 52.7 Å². The van der Waals surface area contributed by atoms with Crippen molar-refractivity contribution in [2.24, 2.45) is 11.0 Å². The molecule has 2 amide bonds. The van der Waals surface area contributed by atoms with E-state index in [4.69, 9.17) is 9.47 Å². The second kappa shape index (κ2) is 9.39. The van der Waals surface area contributed by atoms with Gasteiger partial charge in [0.15, 0.2) is 0 Å². The summed E-state index contributed by atoms with van der Waals surface area (Å²) in [7, 11) is 0. The summed E-state index contributed by atoms with van der Waals surface area (Å²) in [4.78, 5) is 24.6. The van der Waals surface area contributed by atoms with E-state index < -0.39 is 23.6 Å². The molecule has 0 aliphatic carbocycles. The number of carbonyl (C=O) groups excluding carboxylic acids is 2. The zero-order chi connectivity index (χ0) is 20.7. The average molecular weight is 387 g/mol. The quantitative estimate of drug-likeness (QED) is 0.577. The Morgan fingerprint density at radius 3 is 2.71 bits per heavy atom. The van der Waals surface area contributed by atoms with E-state index in [1.54, 1.807) is 27.0 Å². The lowest BCUT2D eigenvalue weighted by Crippen LogP contribution is -2.50. The average Bonchev–Trinajstić information content (AvgIpc) is 2.64. The molecule has 2 atom stereocenters. The number of para-hydroxylation sites is 1. The maximum Gasteiger partial charge on any atom is 0.408 e. The number of fused-ring (bicyclic) bond motifs is 1. The van der Waals surface area contributed by atoms with Crippen LogP contribution in [0.2, 0.25) is 0 Å². The molecule has 2 N–H and O–H groups in total. The molecule has 0 aromatic heterocycles. The first-order valence-electron chi connectivity index (χ1n) is 9.44. The van der Waals surface area contributed by atoms with Crippen molar-refractivity contribution in [3.63, 3.8) is 0 Å². The fraction of sp³-hybridized carbons (Fsp3) is 0.476. The van der Waals surface area contributed by atoms with Crippen LogP contribution in [0.1, 0.15) is 46.6 Å². The van der Waals surface area contributed by atoms with Crippen molar-refractivity contribution >= 4 is 24.3 Å². The molecular weight excluding hydrogens is 358 g/mol. The van der Waals surface area contributed by atoms with Crippen LogP contribution in [0.15, 0.2) is 34.9 Å². The Morgan fingerprint density at radius 2 is 2.04 bits per heavy atom. The number of benzene rings is 1. The van der Waals surface area contributed by atoms with Crippen LogP contribution < -0.4 is 15.5 Å². The van der Waals surface area contributed by atoms with E-state index in [9.17, 15) is 9.59 Å². The summed E-state index contributed by atoms with van der Waals surface area (Å²) in [6, 6.07) is 6.96. The van der Waals surface area contributed by atoms with Crippen molar-refractivity contribution in [1.29, 1.82) is 0 Å². The summed E-state index contributed by atoms with van der Waals surface area (Å²) in [5, 5.41) is 6.66. The van der Waals surface area contributed by atoms with Crippen LogP contribution >= 0.6 is 0 Å². The molecule has 1 aromatic rings. The molecular formula is C21H29N3O4. The van der Waals surface area contributed by atoms with Gasteiger partial charge in [-0.05, 0) is 38.8 Å². The van der Waals surface area contributed by atoms with Gasteiger partial charge in [0.2, 0.25) is 0 Å². The Hall–Kier alpha value is -2.83. The molecule has 0 spiro atoms. The third-order valence-corrected chi connectivity index (χ3v) is 4.23. The highest BCUT2D eigenvalue weighted by molar-refractivity contribution is 5.90. The third kappa shape index (κ3) is 6.40. The van der Waals surface area contributed by atoms with Crippen LogP contribution in [0.5, 0.6) is 5.75 Å². The van der Waals surface area contributed by atoms with Crippen LogP contribution in [0.3, 0.4) is 0 Å². The maximum absolute atomic E-state index is 12.5. The number of amides is 2. The van der Waals surface area contributed by atoms with Crippen LogP contribution in [-0.4, -0.2) is 36.5 Å². The van der Waals surface area contributed by atoms with Gasteiger partial charge in [-0.15, -0.1) is 0 Å². The van der Waals surface area contributed by atoms with Crippen molar-refractivity contribution in [2.75, 3.05) is 6.61 Å². The smallest absolute Gasteiger partial charge is 0.408 e. The lowest BCUT2D eigenvalue weighted by Gasteiger charge is -2.25. The van der Waals surface area contributed by atoms with E-state index in [1.165, 1.54) is 0 Å². The summed E-state index contributed by atoms with van der Waals surface area (Å²) in [6.07, 6.45) is 3.60. The van der Waals surface area contributed by atoms with Crippen LogP contribution in [0.4, 0.5) is 4.79 Å². The van der Waals surface area contributed by atoms with Gasteiger partial charge in [-0.25, -0.2) is 10.2 Å².